The van der Waals surface area contributed by atoms with Crippen LogP contribution in [0.15, 0.2) is 65.6 Å². The van der Waals surface area contributed by atoms with Crippen molar-refractivity contribution >= 4 is 54.7 Å². The van der Waals surface area contributed by atoms with Gasteiger partial charge in [-0.25, -0.2) is 0 Å². The average molecular weight is 339 g/mol. The topological polar surface area (TPSA) is 54.4 Å². The molecule has 0 heterocycles. The van der Waals surface area contributed by atoms with Gasteiger partial charge in [0.25, 0.3) is 10.1 Å². The molecule has 3 aromatic rings. The van der Waals surface area contributed by atoms with E-state index in [9.17, 15) is 13.0 Å². The van der Waals surface area contributed by atoms with Gasteiger partial charge in [0, 0.05) is 5.39 Å². The van der Waals surface area contributed by atoms with Crippen LogP contribution >= 0.6 is 0 Å². The molecule has 0 fully saturated rings. The van der Waals surface area contributed by atoms with Crippen molar-refractivity contribution in [1.82, 2.24) is 0 Å². The SMILES string of the molecule is CC=CCc1ccc2cc3ccccc3cc2c1S(=O)(=O)O.[H-].[H-].[Mg+2]. The van der Waals surface area contributed by atoms with Gasteiger partial charge in [0.05, 0.1) is 0 Å². The maximum absolute atomic E-state index is 11.9. The molecule has 0 saturated carbocycles. The monoisotopic (exact) mass is 338 g/mol. The predicted molar refractivity (Wildman–Crippen MR) is 97.8 cm³/mol. The predicted octanol–water partition coefficient (Wildman–Crippen LogP) is 4.20. The second-order valence-corrected chi connectivity index (χ2v) is 6.58. The standard InChI is InChI=1S/C18H16O3S.Mg.2H/c1-2-3-6-13-9-10-16-11-14-7-4-5-8-15(14)12-17(16)18(13)22(19,20)21;;;/h2-5,7-12H,6H2,1H3,(H,19,20,21);;;/q;+2;2*-1. The zero-order chi connectivity index (χ0) is 15.7. The van der Waals surface area contributed by atoms with E-state index in [1.54, 1.807) is 6.07 Å². The summed E-state index contributed by atoms with van der Waals surface area (Å²) < 4.78 is 33.5. The molecular weight excluding hydrogens is 321 g/mol. The van der Waals surface area contributed by atoms with Crippen molar-refractivity contribution in [2.24, 2.45) is 0 Å². The number of rotatable bonds is 3. The molecule has 0 spiro atoms. The van der Waals surface area contributed by atoms with Crippen molar-refractivity contribution in [1.29, 1.82) is 0 Å². The van der Waals surface area contributed by atoms with E-state index in [0.717, 1.165) is 16.2 Å². The van der Waals surface area contributed by atoms with Gasteiger partial charge in [-0.2, -0.15) is 8.42 Å². The van der Waals surface area contributed by atoms with E-state index in [-0.39, 0.29) is 30.8 Å². The quantitative estimate of drug-likeness (QED) is 0.337. The minimum absolute atomic E-state index is 0. The van der Waals surface area contributed by atoms with Crippen LogP contribution < -0.4 is 0 Å². The Labute approximate surface area is 154 Å². The molecule has 0 saturated heterocycles. The van der Waals surface area contributed by atoms with E-state index in [2.05, 4.69) is 0 Å². The van der Waals surface area contributed by atoms with Gasteiger partial charge in [-0.3, -0.25) is 4.55 Å². The summed E-state index contributed by atoms with van der Waals surface area (Å²) in [5.74, 6) is 0. The molecular formula is C18H18MgO3S. The van der Waals surface area contributed by atoms with Crippen molar-refractivity contribution in [2.75, 3.05) is 0 Å². The minimum Gasteiger partial charge on any atom is -1.00 e. The van der Waals surface area contributed by atoms with Crippen LogP contribution in [0.2, 0.25) is 0 Å². The fourth-order valence-electron chi connectivity index (χ4n) is 2.74. The van der Waals surface area contributed by atoms with Crippen LogP contribution in [-0.2, 0) is 16.5 Å². The van der Waals surface area contributed by atoms with Crippen molar-refractivity contribution in [3.63, 3.8) is 0 Å². The summed E-state index contributed by atoms with van der Waals surface area (Å²) >= 11 is 0. The third-order valence-corrected chi connectivity index (χ3v) is 4.75. The number of fused-ring (bicyclic) bond motifs is 2. The van der Waals surface area contributed by atoms with Gasteiger partial charge in [0.15, 0.2) is 0 Å². The zero-order valence-corrected chi connectivity index (χ0v) is 15.1. The molecule has 5 heteroatoms. The molecule has 0 aliphatic heterocycles. The summed E-state index contributed by atoms with van der Waals surface area (Å²) in [6.45, 7) is 1.88. The van der Waals surface area contributed by atoms with Gasteiger partial charge in [0.1, 0.15) is 4.90 Å². The molecule has 116 valence electrons. The van der Waals surface area contributed by atoms with Gasteiger partial charge in [-0.05, 0) is 47.2 Å². The number of allylic oxidation sites excluding steroid dienone is 2. The molecule has 0 atom stereocenters. The number of hydrogen-bond acceptors (Lipinski definition) is 2. The number of hydrogen-bond donors (Lipinski definition) is 1. The van der Waals surface area contributed by atoms with E-state index in [0.29, 0.717) is 17.4 Å². The summed E-state index contributed by atoms with van der Waals surface area (Å²) in [6, 6.07) is 15.2. The van der Waals surface area contributed by atoms with Gasteiger partial charge in [-0.15, -0.1) is 0 Å². The summed E-state index contributed by atoms with van der Waals surface area (Å²) in [6.07, 6.45) is 4.20. The van der Waals surface area contributed by atoms with Crippen molar-refractivity contribution in [3.8, 4) is 0 Å². The second kappa shape index (κ2) is 7.01. The van der Waals surface area contributed by atoms with E-state index in [1.807, 2.05) is 61.5 Å². The number of benzene rings is 3. The van der Waals surface area contributed by atoms with Crippen LogP contribution in [0.3, 0.4) is 0 Å². The van der Waals surface area contributed by atoms with Gasteiger partial charge < -0.3 is 2.85 Å². The second-order valence-electron chi connectivity index (χ2n) is 5.22. The largest absolute Gasteiger partial charge is 2.00 e. The summed E-state index contributed by atoms with van der Waals surface area (Å²) in [5, 5.41) is 3.35. The molecule has 0 aliphatic carbocycles. The van der Waals surface area contributed by atoms with Crippen LogP contribution in [0.5, 0.6) is 0 Å². The molecule has 0 unspecified atom stereocenters. The van der Waals surface area contributed by atoms with Crippen molar-refractivity contribution in [3.05, 3.63) is 66.2 Å². The summed E-state index contributed by atoms with van der Waals surface area (Å²) in [7, 11) is -4.29. The Morgan fingerprint density at radius 3 is 2.30 bits per heavy atom. The Morgan fingerprint density at radius 1 is 1.04 bits per heavy atom. The Kier molecular flexibility index (Phi) is 5.47. The Balaban J connectivity index is 0.00000192. The zero-order valence-electron chi connectivity index (χ0n) is 14.9. The first-order valence-electron chi connectivity index (χ1n) is 7.04. The molecule has 0 aliphatic rings. The van der Waals surface area contributed by atoms with E-state index >= 15 is 0 Å². The van der Waals surface area contributed by atoms with E-state index < -0.39 is 10.1 Å². The molecule has 3 rings (SSSR count). The third kappa shape index (κ3) is 3.58. The Morgan fingerprint density at radius 2 is 1.70 bits per heavy atom. The normalized spacial score (nSPS) is 11.9. The molecule has 0 amide bonds. The minimum atomic E-state index is -4.29. The Bertz CT molecular complexity index is 1000. The molecule has 0 aromatic heterocycles. The fourth-order valence-corrected chi connectivity index (χ4v) is 3.68. The first kappa shape index (κ1) is 17.9. The van der Waals surface area contributed by atoms with Crippen LogP contribution in [0, 0.1) is 0 Å². The first-order valence-corrected chi connectivity index (χ1v) is 8.48. The van der Waals surface area contributed by atoms with Crippen LogP contribution in [-0.4, -0.2) is 36.0 Å². The van der Waals surface area contributed by atoms with E-state index in [4.69, 9.17) is 0 Å². The third-order valence-electron chi connectivity index (χ3n) is 3.75. The molecule has 23 heavy (non-hydrogen) atoms. The average Bonchev–Trinajstić information content (AvgIpc) is 2.49. The molecule has 3 aromatic carbocycles. The van der Waals surface area contributed by atoms with Crippen LogP contribution in [0.25, 0.3) is 21.5 Å². The van der Waals surface area contributed by atoms with Crippen molar-refractivity contribution in [2.45, 2.75) is 18.2 Å². The van der Waals surface area contributed by atoms with Gasteiger partial charge >= 0.3 is 23.1 Å². The smallest absolute Gasteiger partial charge is 1.00 e. The molecule has 1 N–H and O–H groups in total. The van der Waals surface area contributed by atoms with Gasteiger partial charge in [-0.1, -0.05) is 48.6 Å². The first-order chi connectivity index (χ1) is 10.5. The maximum atomic E-state index is 11.9. The Hall–Kier alpha value is -1.40. The molecule has 0 bridgehead atoms. The summed E-state index contributed by atoms with van der Waals surface area (Å²) in [5.41, 5.74) is 0.600. The van der Waals surface area contributed by atoms with Crippen LogP contribution in [0.1, 0.15) is 15.3 Å². The summed E-state index contributed by atoms with van der Waals surface area (Å²) in [4.78, 5) is 0.00820. The fraction of sp³-hybridized carbons (Fsp3) is 0.111. The van der Waals surface area contributed by atoms with Crippen molar-refractivity contribution < 1.29 is 15.8 Å². The maximum Gasteiger partial charge on any atom is 2.00 e. The molecule has 0 radical (unpaired) electrons. The van der Waals surface area contributed by atoms with Gasteiger partial charge in [0.2, 0.25) is 0 Å². The van der Waals surface area contributed by atoms with Crippen LogP contribution in [0.4, 0.5) is 0 Å². The molecule has 3 nitrogen and oxygen atoms in total. The van der Waals surface area contributed by atoms with E-state index in [1.165, 1.54) is 0 Å².